The van der Waals surface area contributed by atoms with Gasteiger partial charge in [0.15, 0.2) is 0 Å². The summed E-state index contributed by atoms with van der Waals surface area (Å²) in [6.07, 6.45) is -4.60. The molecule has 1 aromatic carbocycles. The lowest BCUT2D eigenvalue weighted by atomic mass is 10.2. The molecule has 1 heterocycles. The zero-order valence-corrected chi connectivity index (χ0v) is 12.2. The van der Waals surface area contributed by atoms with Crippen molar-refractivity contribution in [2.45, 2.75) is 12.7 Å². The van der Waals surface area contributed by atoms with Gasteiger partial charge in [0.25, 0.3) is 0 Å². The van der Waals surface area contributed by atoms with E-state index in [1.807, 2.05) is 0 Å². The van der Waals surface area contributed by atoms with E-state index in [2.05, 4.69) is 15.6 Å². The van der Waals surface area contributed by atoms with Crippen molar-refractivity contribution in [3.63, 3.8) is 0 Å². The fourth-order valence-electron chi connectivity index (χ4n) is 1.65. The molecule has 0 saturated heterocycles. The van der Waals surface area contributed by atoms with Crippen LogP contribution in [0.1, 0.15) is 11.3 Å². The second-order valence-electron chi connectivity index (χ2n) is 4.46. The molecule has 0 saturated carbocycles. The Labute approximate surface area is 133 Å². The zero-order chi connectivity index (χ0) is 17.0. The third-order valence-electron chi connectivity index (χ3n) is 2.72. The van der Waals surface area contributed by atoms with E-state index < -0.39 is 23.7 Å². The normalized spacial score (nSPS) is 11.2. The largest absolute Gasteiger partial charge is 0.433 e. The minimum atomic E-state index is -4.60. The van der Waals surface area contributed by atoms with Gasteiger partial charge < -0.3 is 5.32 Å². The topological polar surface area (TPSA) is 54.0 Å². The van der Waals surface area contributed by atoms with E-state index >= 15 is 0 Å². The number of carbonyl (C=O) groups excluding carboxylic acids is 1. The van der Waals surface area contributed by atoms with Gasteiger partial charge in [-0.1, -0.05) is 23.7 Å². The van der Waals surface area contributed by atoms with Crippen LogP contribution in [-0.4, -0.2) is 11.0 Å². The first-order chi connectivity index (χ1) is 10.8. The van der Waals surface area contributed by atoms with Crippen molar-refractivity contribution in [2.75, 3.05) is 5.32 Å². The average Bonchev–Trinajstić information content (AvgIpc) is 2.48. The van der Waals surface area contributed by atoms with Crippen LogP contribution in [0.5, 0.6) is 0 Å². The summed E-state index contributed by atoms with van der Waals surface area (Å²) in [5.74, 6) is -0.831. The van der Waals surface area contributed by atoms with Crippen LogP contribution in [-0.2, 0) is 12.7 Å². The van der Waals surface area contributed by atoms with Crippen molar-refractivity contribution in [1.29, 1.82) is 0 Å². The molecule has 9 heteroatoms. The Morgan fingerprint density at radius 3 is 2.61 bits per heavy atom. The molecule has 0 aliphatic carbocycles. The van der Waals surface area contributed by atoms with E-state index in [-0.39, 0.29) is 17.4 Å². The summed E-state index contributed by atoms with van der Waals surface area (Å²) in [6.45, 7) is 0.0186. The molecule has 2 rings (SSSR count). The number of halogens is 5. The molecular weight excluding hydrogens is 338 g/mol. The van der Waals surface area contributed by atoms with Crippen LogP contribution in [0.2, 0.25) is 5.02 Å². The number of rotatable bonds is 3. The zero-order valence-electron chi connectivity index (χ0n) is 11.4. The van der Waals surface area contributed by atoms with Gasteiger partial charge in [-0.2, -0.15) is 13.2 Å². The number of anilines is 1. The number of amides is 2. The second kappa shape index (κ2) is 6.82. The molecule has 0 aliphatic rings. The molecule has 0 spiro atoms. The van der Waals surface area contributed by atoms with Crippen LogP contribution in [0.3, 0.4) is 0 Å². The third-order valence-corrected chi connectivity index (χ3v) is 3.01. The quantitative estimate of drug-likeness (QED) is 0.817. The van der Waals surface area contributed by atoms with Crippen LogP contribution >= 0.6 is 11.6 Å². The predicted molar refractivity (Wildman–Crippen MR) is 76.5 cm³/mol. The molecule has 0 fully saturated rings. The summed E-state index contributed by atoms with van der Waals surface area (Å²) < 4.78 is 50.5. The molecule has 0 radical (unpaired) electrons. The monoisotopic (exact) mass is 347 g/mol. The van der Waals surface area contributed by atoms with E-state index in [9.17, 15) is 22.4 Å². The second-order valence-corrected chi connectivity index (χ2v) is 4.87. The number of urea groups is 1. The Morgan fingerprint density at radius 2 is 1.96 bits per heavy atom. The molecule has 4 nitrogen and oxygen atoms in total. The van der Waals surface area contributed by atoms with Crippen LogP contribution < -0.4 is 10.6 Å². The van der Waals surface area contributed by atoms with Crippen molar-refractivity contribution < 1.29 is 22.4 Å². The molecular formula is C14H10ClF4N3O. The van der Waals surface area contributed by atoms with Gasteiger partial charge in [0.05, 0.1) is 5.02 Å². The Kier molecular flexibility index (Phi) is 5.05. The SMILES string of the molecule is O=C(NCc1ccc(F)c(Cl)c1)Nc1cccc(C(F)(F)F)n1. The van der Waals surface area contributed by atoms with Crippen molar-refractivity contribution in [2.24, 2.45) is 0 Å². The van der Waals surface area contributed by atoms with E-state index in [0.29, 0.717) is 5.56 Å². The van der Waals surface area contributed by atoms with Crippen LogP contribution in [0.25, 0.3) is 0 Å². The van der Waals surface area contributed by atoms with E-state index in [0.717, 1.165) is 18.2 Å². The number of aromatic nitrogens is 1. The molecule has 0 bridgehead atoms. The van der Waals surface area contributed by atoms with E-state index in [1.54, 1.807) is 0 Å². The Hall–Kier alpha value is -2.35. The van der Waals surface area contributed by atoms with E-state index in [4.69, 9.17) is 11.6 Å². The first-order valence-electron chi connectivity index (χ1n) is 6.29. The minimum Gasteiger partial charge on any atom is -0.334 e. The number of pyridine rings is 1. The standard InChI is InChI=1S/C14H10ClF4N3O/c15-9-6-8(4-5-10(9)16)7-20-13(23)22-12-3-1-2-11(21-12)14(17,18)19/h1-6H,7H2,(H2,20,21,22,23). The van der Waals surface area contributed by atoms with Crippen molar-refractivity contribution in [1.82, 2.24) is 10.3 Å². The lowest BCUT2D eigenvalue weighted by Crippen LogP contribution is -2.28. The average molecular weight is 348 g/mol. The van der Waals surface area contributed by atoms with Crippen molar-refractivity contribution in [3.8, 4) is 0 Å². The molecule has 0 aliphatic heterocycles. The highest BCUT2D eigenvalue weighted by Gasteiger charge is 2.32. The maximum absolute atomic E-state index is 13.0. The number of nitrogens with zero attached hydrogens (tertiary/aromatic N) is 1. The molecule has 2 aromatic rings. The summed E-state index contributed by atoms with van der Waals surface area (Å²) in [7, 11) is 0. The van der Waals surface area contributed by atoms with Crippen molar-refractivity contribution in [3.05, 3.63) is 58.5 Å². The number of benzene rings is 1. The third kappa shape index (κ3) is 4.82. The van der Waals surface area contributed by atoms with Crippen LogP contribution in [0.15, 0.2) is 36.4 Å². The molecule has 2 amide bonds. The predicted octanol–water partition coefficient (Wildman–Crippen LogP) is 4.21. The summed E-state index contributed by atoms with van der Waals surface area (Å²) in [5.41, 5.74) is -0.579. The summed E-state index contributed by atoms with van der Waals surface area (Å²) in [4.78, 5) is 14.9. The summed E-state index contributed by atoms with van der Waals surface area (Å²) in [5, 5.41) is 4.49. The molecule has 122 valence electrons. The number of carbonyl (C=O) groups is 1. The van der Waals surface area contributed by atoms with Gasteiger partial charge in [0.1, 0.15) is 17.3 Å². The number of hydrogen-bond acceptors (Lipinski definition) is 2. The maximum atomic E-state index is 13.0. The van der Waals surface area contributed by atoms with Gasteiger partial charge in [-0.3, -0.25) is 5.32 Å². The number of alkyl halides is 3. The van der Waals surface area contributed by atoms with Gasteiger partial charge >= 0.3 is 12.2 Å². The van der Waals surface area contributed by atoms with Gasteiger partial charge in [-0.05, 0) is 29.8 Å². The maximum Gasteiger partial charge on any atom is 0.433 e. The Bertz CT molecular complexity index is 721. The highest BCUT2D eigenvalue weighted by atomic mass is 35.5. The Balaban J connectivity index is 1.96. The summed E-state index contributed by atoms with van der Waals surface area (Å²) in [6, 6.07) is 6.30. The molecule has 0 atom stereocenters. The highest BCUT2D eigenvalue weighted by molar-refractivity contribution is 6.30. The van der Waals surface area contributed by atoms with Crippen LogP contribution in [0, 0.1) is 5.82 Å². The first kappa shape index (κ1) is 17.0. The van der Waals surface area contributed by atoms with Gasteiger partial charge in [-0.25, -0.2) is 14.2 Å². The lowest BCUT2D eigenvalue weighted by Gasteiger charge is -2.10. The molecule has 1 aromatic heterocycles. The van der Waals surface area contributed by atoms with Gasteiger partial charge in [-0.15, -0.1) is 0 Å². The fourth-order valence-corrected chi connectivity index (χ4v) is 1.86. The van der Waals surface area contributed by atoms with Gasteiger partial charge in [0.2, 0.25) is 0 Å². The smallest absolute Gasteiger partial charge is 0.334 e. The summed E-state index contributed by atoms with van der Waals surface area (Å²) >= 11 is 5.60. The van der Waals surface area contributed by atoms with E-state index in [1.165, 1.54) is 18.2 Å². The highest BCUT2D eigenvalue weighted by Crippen LogP contribution is 2.28. The number of nitrogens with one attached hydrogen (secondary N) is 2. The van der Waals surface area contributed by atoms with Gasteiger partial charge in [0, 0.05) is 6.54 Å². The minimum absolute atomic E-state index is 0.0186. The van der Waals surface area contributed by atoms with Crippen LogP contribution in [0.4, 0.5) is 28.2 Å². The van der Waals surface area contributed by atoms with Crippen molar-refractivity contribution >= 4 is 23.4 Å². The molecule has 0 unspecified atom stereocenters. The Morgan fingerprint density at radius 1 is 1.22 bits per heavy atom. The molecule has 23 heavy (non-hydrogen) atoms. The lowest BCUT2D eigenvalue weighted by molar-refractivity contribution is -0.141. The fraction of sp³-hybridized carbons (Fsp3) is 0.143. The number of hydrogen-bond donors (Lipinski definition) is 2. The first-order valence-corrected chi connectivity index (χ1v) is 6.66. The molecule has 2 N–H and O–H groups in total.